The lowest BCUT2D eigenvalue weighted by atomic mass is 10.1. The van der Waals surface area contributed by atoms with Crippen molar-refractivity contribution in [2.75, 3.05) is 25.5 Å². The number of aromatic nitrogens is 5. The predicted octanol–water partition coefficient (Wildman–Crippen LogP) is 2.00. The van der Waals surface area contributed by atoms with Crippen molar-refractivity contribution in [3.63, 3.8) is 0 Å². The van der Waals surface area contributed by atoms with E-state index in [0.29, 0.717) is 12.2 Å². The maximum atomic E-state index is 13.0. The molecule has 8 nitrogen and oxygen atoms in total. The van der Waals surface area contributed by atoms with Crippen LogP contribution in [0.15, 0.2) is 12.1 Å². The van der Waals surface area contributed by atoms with Crippen LogP contribution in [0.25, 0.3) is 0 Å². The molecule has 1 amide bonds. The lowest BCUT2D eigenvalue weighted by Crippen LogP contribution is -2.32. The summed E-state index contributed by atoms with van der Waals surface area (Å²) in [6.45, 7) is 6.64. The molecule has 0 aliphatic carbocycles. The summed E-state index contributed by atoms with van der Waals surface area (Å²) in [7, 11) is 3.85. The highest BCUT2D eigenvalue weighted by atomic mass is 16.2. The fourth-order valence-electron chi connectivity index (χ4n) is 3.23. The van der Waals surface area contributed by atoms with Crippen LogP contribution in [0.1, 0.15) is 60.6 Å². The second-order valence-electron chi connectivity index (χ2n) is 6.93. The Hall–Kier alpha value is -2.51. The Morgan fingerprint density at radius 3 is 2.56 bits per heavy atom. The number of rotatable bonds is 4. The maximum Gasteiger partial charge on any atom is 0.276 e. The molecule has 1 unspecified atom stereocenters. The van der Waals surface area contributed by atoms with Gasteiger partial charge >= 0.3 is 0 Å². The molecular formula is C17H25N7O. The summed E-state index contributed by atoms with van der Waals surface area (Å²) in [6.07, 6.45) is 1.84. The number of likely N-dealkylation sites (tertiary alicyclic amines) is 1. The molecule has 1 atom stereocenters. The number of anilines is 1. The highest BCUT2D eigenvalue weighted by molar-refractivity contribution is 5.93. The first kappa shape index (κ1) is 17.3. The molecule has 8 heteroatoms. The number of hydrogen-bond donors (Lipinski definition) is 0. The fraction of sp³-hybridized carbons (Fsp3) is 0.588. The summed E-state index contributed by atoms with van der Waals surface area (Å²) in [5.41, 5.74) is 2.06. The lowest BCUT2D eigenvalue weighted by molar-refractivity contribution is 0.0725. The SMILES string of the molecule is Cc1c(C(=O)N2CCCC2c2ccc(N(C)C)nn2)nnn1C(C)C. The molecule has 0 aromatic carbocycles. The number of carbonyl (C=O) groups is 1. The van der Waals surface area contributed by atoms with Gasteiger partial charge in [0.1, 0.15) is 0 Å². The third-order valence-electron chi connectivity index (χ3n) is 4.60. The van der Waals surface area contributed by atoms with E-state index in [2.05, 4.69) is 20.5 Å². The third-order valence-corrected chi connectivity index (χ3v) is 4.60. The standard InChI is InChI=1S/C17H25N7O/c1-11(2)24-12(3)16(20-21-24)17(25)23-10-6-7-14(23)13-8-9-15(19-18-13)22(4)5/h8-9,11,14H,6-7,10H2,1-5H3. The van der Waals surface area contributed by atoms with Crippen molar-refractivity contribution < 1.29 is 4.79 Å². The van der Waals surface area contributed by atoms with Crippen LogP contribution >= 0.6 is 0 Å². The quantitative estimate of drug-likeness (QED) is 0.845. The Labute approximate surface area is 147 Å². The highest BCUT2D eigenvalue weighted by Gasteiger charge is 2.34. The molecule has 2 aromatic rings. The minimum atomic E-state index is -0.0783. The Morgan fingerprint density at radius 2 is 2.00 bits per heavy atom. The molecule has 0 N–H and O–H groups in total. The molecule has 0 radical (unpaired) electrons. The molecular weight excluding hydrogens is 318 g/mol. The number of carbonyl (C=O) groups excluding carboxylic acids is 1. The molecule has 3 rings (SSSR count). The van der Waals surface area contributed by atoms with Gasteiger partial charge in [0.05, 0.1) is 17.4 Å². The van der Waals surface area contributed by atoms with Crippen LogP contribution in [-0.2, 0) is 0 Å². The normalized spacial score (nSPS) is 17.4. The maximum absolute atomic E-state index is 13.0. The minimum absolute atomic E-state index is 0.0557. The summed E-state index contributed by atoms with van der Waals surface area (Å²) < 4.78 is 1.78. The summed E-state index contributed by atoms with van der Waals surface area (Å²) in [4.78, 5) is 16.8. The van der Waals surface area contributed by atoms with Gasteiger partial charge in [0.15, 0.2) is 11.5 Å². The zero-order chi connectivity index (χ0) is 18.1. The predicted molar refractivity (Wildman–Crippen MR) is 94.5 cm³/mol. The van der Waals surface area contributed by atoms with Crippen molar-refractivity contribution >= 4 is 11.7 Å². The first-order chi connectivity index (χ1) is 11.9. The van der Waals surface area contributed by atoms with E-state index in [1.807, 2.05) is 56.8 Å². The molecule has 3 heterocycles. The van der Waals surface area contributed by atoms with Crippen molar-refractivity contribution in [3.05, 3.63) is 29.2 Å². The van der Waals surface area contributed by atoms with Crippen LogP contribution in [0.3, 0.4) is 0 Å². The second-order valence-corrected chi connectivity index (χ2v) is 6.93. The molecule has 0 spiro atoms. The molecule has 1 aliphatic heterocycles. The zero-order valence-corrected chi connectivity index (χ0v) is 15.5. The van der Waals surface area contributed by atoms with E-state index < -0.39 is 0 Å². The van der Waals surface area contributed by atoms with Crippen LogP contribution in [-0.4, -0.2) is 56.6 Å². The van der Waals surface area contributed by atoms with E-state index in [-0.39, 0.29) is 18.0 Å². The van der Waals surface area contributed by atoms with Crippen molar-refractivity contribution in [1.82, 2.24) is 30.1 Å². The van der Waals surface area contributed by atoms with Crippen molar-refractivity contribution in [2.45, 2.75) is 45.7 Å². The number of hydrogen-bond acceptors (Lipinski definition) is 6. The summed E-state index contributed by atoms with van der Waals surface area (Å²) in [5, 5.41) is 16.8. The first-order valence-electron chi connectivity index (χ1n) is 8.64. The van der Waals surface area contributed by atoms with E-state index in [0.717, 1.165) is 30.0 Å². The molecule has 0 bridgehead atoms. The van der Waals surface area contributed by atoms with Gasteiger partial charge in [-0.3, -0.25) is 4.79 Å². The minimum Gasteiger partial charge on any atom is -0.361 e. The van der Waals surface area contributed by atoms with Gasteiger partial charge in [-0.25, -0.2) is 4.68 Å². The Morgan fingerprint density at radius 1 is 1.24 bits per heavy atom. The Balaban J connectivity index is 1.85. The molecule has 1 aliphatic rings. The van der Waals surface area contributed by atoms with Crippen LogP contribution in [0.4, 0.5) is 5.82 Å². The number of nitrogens with zero attached hydrogens (tertiary/aromatic N) is 7. The molecule has 1 fully saturated rings. The van der Waals surface area contributed by atoms with E-state index in [1.54, 1.807) is 4.68 Å². The van der Waals surface area contributed by atoms with Crippen LogP contribution in [0.2, 0.25) is 0 Å². The van der Waals surface area contributed by atoms with Crippen LogP contribution < -0.4 is 4.90 Å². The van der Waals surface area contributed by atoms with Gasteiger partial charge in [0.2, 0.25) is 0 Å². The van der Waals surface area contributed by atoms with E-state index in [4.69, 9.17) is 0 Å². The van der Waals surface area contributed by atoms with Gasteiger partial charge in [-0.2, -0.15) is 5.10 Å². The summed E-state index contributed by atoms with van der Waals surface area (Å²) in [5.74, 6) is 0.723. The third kappa shape index (κ3) is 3.20. The molecule has 2 aromatic heterocycles. The summed E-state index contributed by atoms with van der Waals surface area (Å²) in [6, 6.07) is 4.01. The number of amides is 1. The average Bonchev–Trinajstić information content (AvgIpc) is 3.21. The molecule has 0 saturated carbocycles. The van der Waals surface area contributed by atoms with Gasteiger partial charge in [0, 0.05) is 26.7 Å². The monoisotopic (exact) mass is 343 g/mol. The Bertz CT molecular complexity index is 751. The van der Waals surface area contributed by atoms with Crippen LogP contribution in [0.5, 0.6) is 0 Å². The van der Waals surface area contributed by atoms with Gasteiger partial charge < -0.3 is 9.80 Å². The van der Waals surface area contributed by atoms with E-state index in [9.17, 15) is 4.79 Å². The van der Waals surface area contributed by atoms with Crippen molar-refractivity contribution in [3.8, 4) is 0 Å². The van der Waals surface area contributed by atoms with Crippen molar-refractivity contribution in [2.24, 2.45) is 0 Å². The average molecular weight is 343 g/mol. The first-order valence-corrected chi connectivity index (χ1v) is 8.64. The smallest absolute Gasteiger partial charge is 0.276 e. The van der Waals surface area contributed by atoms with Gasteiger partial charge in [-0.05, 0) is 45.7 Å². The van der Waals surface area contributed by atoms with E-state index in [1.165, 1.54) is 0 Å². The van der Waals surface area contributed by atoms with Gasteiger partial charge in [-0.15, -0.1) is 10.2 Å². The van der Waals surface area contributed by atoms with E-state index >= 15 is 0 Å². The zero-order valence-electron chi connectivity index (χ0n) is 15.5. The second kappa shape index (κ2) is 6.78. The molecule has 134 valence electrons. The molecule has 25 heavy (non-hydrogen) atoms. The van der Waals surface area contributed by atoms with Gasteiger partial charge in [0.25, 0.3) is 5.91 Å². The van der Waals surface area contributed by atoms with Crippen molar-refractivity contribution in [1.29, 1.82) is 0 Å². The van der Waals surface area contributed by atoms with Gasteiger partial charge in [-0.1, -0.05) is 5.21 Å². The largest absolute Gasteiger partial charge is 0.361 e. The topological polar surface area (TPSA) is 80.0 Å². The summed E-state index contributed by atoms with van der Waals surface area (Å²) >= 11 is 0. The highest BCUT2D eigenvalue weighted by Crippen LogP contribution is 2.32. The Kier molecular flexibility index (Phi) is 4.69. The van der Waals surface area contributed by atoms with Crippen LogP contribution in [0, 0.1) is 6.92 Å². The lowest BCUT2D eigenvalue weighted by Gasteiger charge is -2.23. The molecule has 1 saturated heterocycles. The fourth-order valence-corrected chi connectivity index (χ4v) is 3.23.